The van der Waals surface area contributed by atoms with Gasteiger partial charge in [-0.25, -0.2) is 0 Å². The van der Waals surface area contributed by atoms with Crippen LogP contribution in [0, 0.1) is 11.3 Å². The summed E-state index contributed by atoms with van der Waals surface area (Å²) in [6.45, 7) is 4.68. The van der Waals surface area contributed by atoms with Crippen molar-refractivity contribution in [2.45, 2.75) is 20.3 Å². The molecule has 1 amide bonds. The van der Waals surface area contributed by atoms with Crippen LogP contribution in [0.3, 0.4) is 0 Å². The Hall–Kier alpha value is -3.13. The number of halogens is 2. The molecule has 3 aromatic rings. The van der Waals surface area contributed by atoms with Crippen molar-refractivity contribution in [2.24, 2.45) is 0 Å². The van der Waals surface area contributed by atoms with E-state index >= 15 is 0 Å². The quantitative estimate of drug-likeness (QED) is 0.171. The Morgan fingerprint density at radius 1 is 1.17 bits per heavy atom. The van der Waals surface area contributed by atoms with E-state index in [2.05, 4.69) is 31.4 Å². The van der Waals surface area contributed by atoms with Gasteiger partial charge in [0.25, 0.3) is 5.91 Å². The van der Waals surface area contributed by atoms with Crippen molar-refractivity contribution in [3.05, 3.63) is 62.0 Å². The minimum absolute atomic E-state index is 0.117. The van der Waals surface area contributed by atoms with Crippen LogP contribution in [-0.4, -0.2) is 35.9 Å². The van der Waals surface area contributed by atoms with Gasteiger partial charge in [0.1, 0.15) is 35.6 Å². The number of benzene rings is 2. The number of rotatable bonds is 11. The summed E-state index contributed by atoms with van der Waals surface area (Å²) in [6.07, 6.45) is 2.13. The van der Waals surface area contributed by atoms with E-state index in [0.717, 1.165) is 15.2 Å². The third-order valence-corrected chi connectivity index (χ3v) is 6.20. The van der Waals surface area contributed by atoms with Gasteiger partial charge in [0, 0.05) is 4.47 Å². The molecule has 0 saturated heterocycles. The topological polar surface area (TPSA) is 106 Å². The lowest BCUT2D eigenvalue weighted by molar-refractivity contribution is -0.112. The molecule has 1 aromatic heterocycles. The van der Waals surface area contributed by atoms with Crippen LogP contribution in [0.2, 0.25) is 5.02 Å². The second-order valence-corrected chi connectivity index (χ2v) is 9.28. The Bertz CT molecular complexity index is 1240. The first-order valence-electron chi connectivity index (χ1n) is 10.7. The van der Waals surface area contributed by atoms with E-state index in [4.69, 9.17) is 25.8 Å². The molecular weight excluding hydrogens is 556 g/mol. The van der Waals surface area contributed by atoms with Crippen LogP contribution in [0.4, 0.5) is 5.13 Å². The molecule has 1 heterocycles. The number of aryl methyl sites for hydroxylation is 1. The predicted molar refractivity (Wildman–Crippen MR) is 139 cm³/mol. The van der Waals surface area contributed by atoms with Crippen molar-refractivity contribution in [1.29, 1.82) is 5.26 Å². The predicted octanol–water partition coefficient (Wildman–Crippen LogP) is 5.92. The number of carbonyl (C=O) groups excluding carboxylic acids is 1. The van der Waals surface area contributed by atoms with Gasteiger partial charge >= 0.3 is 0 Å². The normalized spacial score (nSPS) is 11.0. The van der Waals surface area contributed by atoms with Gasteiger partial charge in [-0.1, -0.05) is 45.8 Å². The van der Waals surface area contributed by atoms with Crippen LogP contribution in [-0.2, 0) is 11.2 Å². The van der Waals surface area contributed by atoms with E-state index in [1.807, 2.05) is 44.2 Å². The molecule has 0 aliphatic rings. The minimum atomic E-state index is -0.592. The summed E-state index contributed by atoms with van der Waals surface area (Å²) >= 11 is 11.1. The van der Waals surface area contributed by atoms with Crippen molar-refractivity contribution < 1.29 is 19.0 Å². The zero-order valence-electron chi connectivity index (χ0n) is 19.0. The number of carbonyl (C=O) groups is 1. The Morgan fingerprint density at radius 3 is 2.57 bits per heavy atom. The van der Waals surface area contributed by atoms with Crippen LogP contribution >= 0.6 is 38.9 Å². The lowest BCUT2D eigenvalue weighted by atomic mass is 10.1. The van der Waals surface area contributed by atoms with Crippen LogP contribution in [0.15, 0.2) is 46.4 Å². The number of nitriles is 1. The van der Waals surface area contributed by atoms with Gasteiger partial charge in [-0.05, 0) is 61.4 Å². The Kier molecular flexibility index (Phi) is 9.90. The highest BCUT2D eigenvalue weighted by molar-refractivity contribution is 9.10. The number of hydrogen-bond acceptors (Lipinski definition) is 8. The first-order chi connectivity index (χ1) is 16.9. The summed E-state index contributed by atoms with van der Waals surface area (Å²) < 4.78 is 18.1. The highest BCUT2D eigenvalue weighted by Gasteiger charge is 2.16. The number of nitrogens with zero attached hydrogens (tertiary/aromatic N) is 3. The highest BCUT2D eigenvalue weighted by atomic mass is 79.9. The van der Waals surface area contributed by atoms with Gasteiger partial charge in [0.05, 0.1) is 11.6 Å². The van der Waals surface area contributed by atoms with Crippen LogP contribution < -0.4 is 19.5 Å². The molecule has 0 fully saturated rings. The minimum Gasteiger partial charge on any atom is -0.490 e. The van der Waals surface area contributed by atoms with Crippen LogP contribution in [0.5, 0.6) is 17.2 Å². The fraction of sp³-hybridized carbons (Fsp3) is 0.250. The monoisotopic (exact) mass is 576 g/mol. The van der Waals surface area contributed by atoms with Crippen molar-refractivity contribution in [3.63, 3.8) is 0 Å². The van der Waals surface area contributed by atoms with Gasteiger partial charge in [-0.3, -0.25) is 10.1 Å². The Morgan fingerprint density at radius 2 is 1.91 bits per heavy atom. The number of aromatic nitrogens is 2. The lowest BCUT2D eigenvalue weighted by Gasteiger charge is -2.15. The molecule has 1 N–H and O–H groups in total. The van der Waals surface area contributed by atoms with Crippen LogP contribution in [0.1, 0.15) is 24.4 Å². The molecule has 3 rings (SSSR count). The molecule has 8 nitrogen and oxygen atoms in total. The van der Waals surface area contributed by atoms with E-state index < -0.39 is 5.91 Å². The molecule has 0 atom stereocenters. The second-order valence-electron chi connectivity index (χ2n) is 6.89. The van der Waals surface area contributed by atoms with Crippen molar-refractivity contribution in [3.8, 4) is 23.3 Å². The SMILES string of the molecule is CCOc1cc(C=C(C#N)C(=O)Nc2nnc(CC)s2)cc(Cl)c1OCCOc1ccc(Br)cc1. The fourth-order valence-electron chi connectivity index (χ4n) is 2.84. The third-order valence-electron chi connectivity index (χ3n) is 4.41. The number of ether oxygens (including phenoxy) is 3. The molecule has 182 valence electrons. The van der Waals surface area contributed by atoms with Crippen LogP contribution in [0.25, 0.3) is 6.08 Å². The first kappa shape index (κ1) is 26.5. The summed E-state index contributed by atoms with van der Waals surface area (Å²) in [7, 11) is 0. The zero-order valence-corrected chi connectivity index (χ0v) is 22.2. The van der Waals surface area contributed by atoms with E-state index in [9.17, 15) is 10.1 Å². The van der Waals surface area contributed by atoms with Gasteiger partial charge < -0.3 is 14.2 Å². The summed E-state index contributed by atoms with van der Waals surface area (Å²) in [5.41, 5.74) is 0.392. The smallest absolute Gasteiger partial charge is 0.268 e. The first-order valence-corrected chi connectivity index (χ1v) is 12.6. The molecular formula is C24H22BrClN4O4S. The van der Waals surface area contributed by atoms with E-state index in [1.165, 1.54) is 17.4 Å². The highest BCUT2D eigenvalue weighted by Crippen LogP contribution is 2.37. The standard InChI is InChI=1S/C24H22BrClN4O4S/c1-3-21-29-30-24(35-21)28-23(31)16(14-27)11-15-12-19(26)22(20(13-15)32-4-2)34-10-9-33-18-7-5-17(25)6-8-18/h5-8,11-13H,3-4,9-10H2,1-2H3,(H,28,30,31). The molecule has 0 bridgehead atoms. The van der Waals surface area contributed by atoms with Gasteiger partial charge in [-0.15, -0.1) is 10.2 Å². The largest absolute Gasteiger partial charge is 0.490 e. The van der Waals surface area contributed by atoms with Crippen molar-refractivity contribution in [2.75, 3.05) is 25.1 Å². The summed E-state index contributed by atoms with van der Waals surface area (Å²) in [5, 5.41) is 21.4. The molecule has 11 heteroatoms. The molecule has 2 aromatic carbocycles. The molecule has 0 aliphatic carbocycles. The fourth-order valence-corrected chi connectivity index (χ4v) is 4.05. The number of amides is 1. The molecule has 0 radical (unpaired) electrons. The molecule has 0 saturated carbocycles. The average molecular weight is 578 g/mol. The maximum absolute atomic E-state index is 12.5. The Labute approximate surface area is 220 Å². The number of nitrogens with one attached hydrogen (secondary N) is 1. The number of hydrogen-bond donors (Lipinski definition) is 1. The number of anilines is 1. The molecule has 0 spiro atoms. The van der Waals surface area contributed by atoms with E-state index in [-0.39, 0.29) is 17.2 Å². The Balaban J connectivity index is 1.71. The zero-order chi connectivity index (χ0) is 25.2. The summed E-state index contributed by atoms with van der Waals surface area (Å²) in [6, 6.07) is 12.6. The summed E-state index contributed by atoms with van der Waals surface area (Å²) in [5.74, 6) is 0.874. The maximum Gasteiger partial charge on any atom is 0.268 e. The van der Waals surface area contributed by atoms with E-state index in [1.54, 1.807) is 12.1 Å². The average Bonchev–Trinajstić information content (AvgIpc) is 3.30. The third kappa shape index (κ3) is 7.68. The summed E-state index contributed by atoms with van der Waals surface area (Å²) in [4.78, 5) is 12.5. The van der Waals surface area contributed by atoms with Gasteiger partial charge in [0.2, 0.25) is 5.13 Å². The van der Waals surface area contributed by atoms with Gasteiger partial charge in [-0.2, -0.15) is 5.26 Å². The van der Waals surface area contributed by atoms with E-state index in [0.29, 0.717) is 41.8 Å². The van der Waals surface area contributed by atoms with Crippen molar-refractivity contribution >= 4 is 56.0 Å². The molecule has 0 unspecified atom stereocenters. The van der Waals surface area contributed by atoms with Crippen molar-refractivity contribution in [1.82, 2.24) is 10.2 Å². The molecule has 0 aliphatic heterocycles. The molecule has 35 heavy (non-hydrogen) atoms. The second kappa shape index (κ2) is 13.1. The lowest BCUT2D eigenvalue weighted by Crippen LogP contribution is -2.13. The maximum atomic E-state index is 12.5. The van der Waals surface area contributed by atoms with Gasteiger partial charge in [0.15, 0.2) is 11.5 Å².